The number of hydrogen-bond donors (Lipinski definition) is 1. The van der Waals surface area contributed by atoms with Crippen LogP contribution in [0.4, 0.5) is 13.2 Å². The van der Waals surface area contributed by atoms with E-state index >= 15 is 0 Å². The molecule has 1 saturated heterocycles. The fraction of sp³-hybridized carbons (Fsp3) is 0.400. The SMILES string of the molecule is FC(F)(F)Oc1ccc(-n2cc(C3CCNCC3)cn2)cc1. The van der Waals surface area contributed by atoms with Crippen LogP contribution >= 0.6 is 0 Å². The van der Waals surface area contributed by atoms with Gasteiger partial charge in [-0.15, -0.1) is 13.2 Å². The van der Waals surface area contributed by atoms with Crippen LogP contribution in [0.2, 0.25) is 0 Å². The van der Waals surface area contributed by atoms with Crippen LogP contribution in [0.3, 0.4) is 0 Å². The van der Waals surface area contributed by atoms with Crippen LogP contribution in [-0.4, -0.2) is 29.2 Å². The number of alkyl halides is 3. The van der Waals surface area contributed by atoms with Crippen molar-refractivity contribution in [2.75, 3.05) is 13.1 Å². The lowest BCUT2D eigenvalue weighted by molar-refractivity contribution is -0.274. The summed E-state index contributed by atoms with van der Waals surface area (Å²) < 4.78 is 41.9. The highest BCUT2D eigenvalue weighted by molar-refractivity contribution is 5.37. The first-order valence-electron chi connectivity index (χ1n) is 7.13. The Kier molecular flexibility index (Phi) is 4.06. The maximum Gasteiger partial charge on any atom is 0.573 e. The van der Waals surface area contributed by atoms with Crippen LogP contribution in [0.15, 0.2) is 36.7 Å². The highest BCUT2D eigenvalue weighted by Crippen LogP contribution is 2.26. The summed E-state index contributed by atoms with van der Waals surface area (Å²) in [5, 5.41) is 7.61. The molecular weight excluding hydrogens is 295 g/mol. The Hall–Kier alpha value is -2.02. The average Bonchev–Trinajstić information content (AvgIpc) is 2.97. The summed E-state index contributed by atoms with van der Waals surface area (Å²) in [5.41, 5.74) is 1.87. The quantitative estimate of drug-likeness (QED) is 0.946. The molecule has 0 bridgehead atoms. The maximum absolute atomic E-state index is 12.1. The number of halogens is 3. The third-order valence-corrected chi connectivity index (χ3v) is 3.75. The van der Waals surface area contributed by atoms with Crippen molar-refractivity contribution in [1.82, 2.24) is 15.1 Å². The van der Waals surface area contributed by atoms with Gasteiger partial charge < -0.3 is 10.1 Å². The normalized spacial score (nSPS) is 16.7. The number of ether oxygens (including phenoxy) is 1. The van der Waals surface area contributed by atoms with Crippen LogP contribution in [0.25, 0.3) is 5.69 Å². The Bertz CT molecular complexity index is 616. The van der Waals surface area contributed by atoms with E-state index in [1.807, 2.05) is 12.4 Å². The molecule has 1 aliphatic heterocycles. The zero-order valence-corrected chi connectivity index (χ0v) is 11.8. The van der Waals surface area contributed by atoms with Crippen molar-refractivity contribution in [3.8, 4) is 11.4 Å². The van der Waals surface area contributed by atoms with Crippen molar-refractivity contribution in [1.29, 1.82) is 0 Å². The predicted molar refractivity (Wildman–Crippen MR) is 75.1 cm³/mol. The molecule has 7 heteroatoms. The van der Waals surface area contributed by atoms with E-state index in [1.54, 1.807) is 16.8 Å². The van der Waals surface area contributed by atoms with E-state index in [4.69, 9.17) is 0 Å². The zero-order chi connectivity index (χ0) is 15.6. The molecule has 118 valence electrons. The van der Waals surface area contributed by atoms with Gasteiger partial charge in [0, 0.05) is 6.20 Å². The average molecular weight is 311 g/mol. The number of aromatic nitrogens is 2. The van der Waals surface area contributed by atoms with E-state index in [2.05, 4.69) is 15.2 Å². The third-order valence-electron chi connectivity index (χ3n) is 3.75. The first-order valence-corrected chi connectivity index (χ1v) is 7.13. The van der Waals surface area contributed by atoms with E-state index < -0.39 is 6.36 Å². The minimum atomic E-state index is -4.67. The van der Waals surface area contributed by atoms with Gasteiger partial charge in [0.2, 0.25) is 0 Å². The smallest absolute Gasteiger partial charge is 0.406 e. The van der Waals surface area contributed by atoms with Crippen molar-refractivity contribution in [2.45, 2.75) is 25.1 Å². The Labute approximate surface area is 125 Å². The summed E-state index contributed by atoms with van der Waals surface area (Å²) in [6.07, 6.45) is 1.25. The van der Waals surface area contributed by atoms with Crippen molar-refractivity contribution in [3.63, 3.8) is 0 Å². The Morgan fingerprint density at radius 1 is 1.14 bits per heavy atom. The molecule has 22 heavy (non-hydrogen) atoms. The molecule has 0 amide bonds. The van der Waals surface area contributed by atoms with Gasteiger partial charge in [-0.3, -0.25) is 0 Å². The van der Waals surface area contributed by atoms with Crippen LogP contribution < -0.4 is 10.1 Å². The van der Waals surface area contributed by atoms with Gasteiger partial charge in [0.15, 0.2) is 0 Å². The lowest BCUT2D eigenvalue weighted by Gasteiger charge is -2.21. The van der Waals surface area contributed by atoms with Crippen LogP contribution in [0, 0.1) is 0 Å². The topological polar surface area (TPSA) is 39.1 Å². The predicted octanol–water partition coefficient (Wildman–Crippen LogP) is 3.24. The minimum absolute atomic E-state index is 0.234. The van der Waals surface area contributed by atoms with Gasteiger partial charge in [-0.05, 0) is 61.7 Å². The van der Waals surface area contributed by atoms with Crippen molar-refractivity contribution < 1.29 is 17.9 Å². The Morgan fingerprint density at radius 2 is 1.82 bits per heavy atom. The summed E-state index contributed by atoms with van der Waals surface area (Å²) in [6, 6.07) is 5.68. The monoisotopic (exact) mass is 311 g/mol. The van der Waals surface area contributed by atoms with Gasteiger partial charge in [0.25, 0.3) is 0 Å². The molecule has 0 unspecified atom stereocenters. The van der Waals surface area contributed by atoms with Gasteiger partial charge in [0.05, 0.1) is 11.9 Å². The maximum atomic E-state index is 12.1. The lowest BCUT2D eigenvalue weighted by Crippen LogP contribution is -2.26. The summed E-state index contributed by atoms with van der Waals surface area (Å²) in [6.45, 7) is 2.00. The fourth-order valence-corrected chi connectivity index (χ4v) is 2.64. The fourth-order valence-electron chi connectivity index (χ4n) is 2.64. The van der Waals surface area contributed by atoms with E-state index in [9.17, 15) is 13.2 Å². The molecule has 1 fully saturated rings. The zero-order valence-electron chi connectivity index (χ0n) is 11.8. The molecule has 1 N–H and O–H groups in total. The lowest BCUT2D eigenvalue weighted by atomic mass is 9.93. The molecule has 0 atom stereocenters. The van der Waals surface area contributed by atoms with Crippen LogP contribution in [0.5, 0.6) is 5.75 Å². The highest BCUT2D eigenvalue weighted by Gasteiger charge is 2.31. The van der Waals surface area contributed by atoms with Crippen LogP contribution in [-0.2, 0) is 0 Å². The van der Waals surface area contributed by atoms with Gasteiger partial charge in [-0.2, -0.15) is 5.10 Å². The Balaban J connectivity index is 1.73. The second kappa shape index (κ2) is 6.00. The first-order chi connectivity index (χ1) is 10.5. The molecule has 4 nitrogen and oxygen atoms in total. The number of nitrogens with zero attached hydrogens (tertiary/aromatic N) is 2. The largest absolute Gasteiger partial charge is 0.573 e. The van der Waals surface area contributed by atoms with E-state index in [0.717, 1.165) is 31.5 Å². The van der Waals surface area contributed by atoms with Gasteiger partial charge in [0.1, 0.15) is 5.75 Å². The molecule has 2 heterocycles. The first kappa shape index (κ1) is 14.9. The molecule has 2 aromatic rings. The standard InChI is InChI=1S/C15H16F3N3O/c16-15(17,18)22-14-3-1-13(2-4-14)21-10-12(9-20-21)11-5-7-19-8-6-11/h1-4,9-11,19H,5-8H2. The van der Waals surface area contributed by atoms with Crippen molar-refractivity contribution in [3.05, 3.63) is 42.2 Å². The summed E-state index contributed by atoms with van der Waals surface area (Å²) in [4.78, 5) is 0. The van der Waals surface area contributed by atoms with Crippen LogP contribution in [0.1, 0.15) is 24.3 Å². The van der Waals surface area contributed by atoms with Gasteiger partial charge >= 0.3 is 6.36 Å². The molecule has 1 aromatic carbocycles. The second-order valence-corrected chi connectivity index (χ2v) is 5.28. The van der Waals surface area contributed by atoms with Gasteiger partial charge in [-0.1, -0.05) is 0 Å². The van der Waals surface area contributed by atoms with Crippen molar-refractivity contribution in [2.24, 2.45) is 0 Å². The van der Waals surface area contributed by atoms with Crippen molar-refractivity contribution >= 4 is 0 Å². The van der Waals surface area contributed by atoms with E-state index in [-0.39, 0.29) is 5.75 Å². The molecule has 1 aliphatic rings. The number of nitrogens with one attached hydrogen (secondary N) is 1. The number of benzene rings is 1. The molecule has 0 radical (unpaired) electrons. The molecule has 3 rings (SSSR count). The summed E-state index contributed by atoms with van der Waals surface area (Å²) in [5.74, 6) is 0.254. The molecule has 0 spiro atoms. The molecule has 0 aliphatic carbocycles. The van der Waals surface area contributed by atoms with E-state index in [1.165, 1.54) is 12.1 Å². The minimum Gasteiger partial charge on any atom is -0.406 e. The highest BCUT2D eigenvalue weighted by atomic mass is 19.4. The van der Waals surface area contributed by atoms with E-state index in [0.29, 0.717) is 11.6 Å². The molecule has 1 aromatic heterocycles. The Morgan fingerprint density at radius 3 is 2.45 bits per heavy atom. The summed E-state index contributed by atoms with van der Waals surface area (Å²) in [7, 11) is 0. The molecular formula is C15H16F3N3O. The summed E-state index contributed by atoms with van der Waals surface area (Å²) >= 11 is 0. The number of rotatable bonds is 3. The number of hydrogen-bond acceptors (Lipinski definition) is 3. The third kappa shape index (κ3) is 3.59. The van der Waals surface area contributed by atoms with Gasteiger partial charge in [-0.25, -0.2) is 4.68 Å². The molecule has 0 saturated carbocycles. The second-order valence-electron chi connectivity index (χ2n) is 5.28. The number of piperidine rings is 1.